The molecule has 2 aromatic rings. The standard InChI is InChI=1S/C15H16BrNS/c16-13-8-9-18-15(13)14(17)12-7-3-5-10-4-1-2-6-11(10)12/h1-2,4,6,8-9,12,14H,3,5,7,17H2. The number of hydrogen-bond donors (Lipinski definition) is 1. The van der Waals surface area contributed by atoms with E-state index in [0.29, 0.717) is 5.92 Å². The van der Waals surface area contributed by atoms with E-state index in [4.69, 9.17) is 5.73 Å². The van der Waals surface area contributed by atoms with Crippen molar-refractivity contribution in [1.29, 1.82) is 0 Å². The molecule has 2 N–H and O–H groups in total. The van der Waals surface area contributed by atoms with Gasteiger partial charge in [-0.15, -0.1) is 11.3 Å². The number of rotatable bonds is 2. The molecule has 3 rings (SSSR count). The SMILES string of the molecule is NC(c1sccc1Br)C1CCCc2ccccc21. The first-order valence-electron chi connectivity index (χ1n) is 6.33. The molecule has 0 bridgehead atoms. The van der Waals surface area contributed by atoms with Crippen molar-refractivity contribution in [3.05, 3.63) is 56.2 Å². The number of thiophene rings is 1. The van der Waals surface area contributed by atoms with E-state index in [9.17, 15) is 0 Å². The lowest BCUT2D eigenvalue weighted by Crippen LogP contribution is -2.23. The Hall–Kier alpha value is -0.640. The van der Waals surface area contributed by atoms with Gasteiger partial charge in [-0.05, 0) is 57.8 Å². The van der Waals surface area contributed by atoms with Crippen LogP contribution in [-0.4, -0.2) is 0 Å². The van der Waals surface area contributed by atoms with Crippen LogP contribution < -0.4 is 5.73 Å². The number of nitrogens with two attached hydrogens (primary N) is 1. The van der Waals surface area contributed by atoms with Gasteiger partial charge in [-0.2, -0.15) is 0 Å². The Kier molecular flexibility index (Phi) is 3.55. The summed E-state index contributed by atoms with van der Waals surface area (Å²) < 4.78 is 1.16. The van der Waals surface area contributed by atoms with Gasteiger partial charge in [0.15, 0.2) is 0 Å². The molecule has 2 atom stereocenters. The molecular formula is C15H16BrNS. The Morgan fingerprint density at radius 2 is 2.11 bits per heavy atom. The van der Waals surface area contributed by atoms with Crippen LogP contribution in [-0.2, 0) is 6.42 Å². The summed E-state index contributed by atoms with van der Waals surface area (Å²) in [5.41, 5.74) is 9.45. The third-order valence-corrected chi connectivity index (χ3v) is 5.77. The minimum absolute atomic E-state index is 0.112. The minimum atomic E-state index is 0.112. The molecule has 3 heteroatoms. The molecule has 0 saturated carbocycles. The summed E-state index contributed by atoms with van der Waals surface area (Å²) in [6.45, 7) is 0. The molecule has 1 nitrogen and oxygen atoms in total. The molecule has 0 spiro atoms. The van der Waals surface area contributed by atoms with Crippen molar-refractivity contribution in [2.75, 3.05) is 0 Å². The van der Waals surface area contributed by atoms with E-state index in [2.05, 4.69) is 51.6 Å². The summed E-state index contributed by atoms with van der Waals surface area (Å²) in [6, 6.07) is 11.0. The van der Waals surface area contributed by atoms with Gasteiger partial charge < -0.3 is 5.73 Å². The second kappa shape index (κ2) is 5.16. The quantitative estimate of drug-likeness (QED) is 0.857. The van der Waals surface area contributed by atoms with Crippen LogP contribution in [0.1, 0.15) is 40.8 Å². The first-order valence-corrected chi connectivity index (χ1v) is 8.01. The number of aryl methyl sites for hydroxylation is 1. The van der Waals surface area contributed by atoms with Crippen molar-refractivity contribution in [3.8, 4) is 0 Å². The Labute approximate surface area is 120 Å². The van der Waals surface area contributed by atoms with Gasteiger partial charge in [-0.1, -0.05) is 24.3 Å². The predicted octanol–water partition coefficient (Wildman–Crippen LogP) is 4.63. The van der Waals surface area contributed by atoms with E-state index in [-0.39, 0.29) is 6.04 Å². The van der Waals surface area contributed by atoms with Crippen molar-refractivity contribution in [3.63, 3.8) is 0 Å². The summed E-state index contributed by atoms with van der Waals surface area (Å²) in [5.74, 6) is 0.463. The summed E-state index contributed by atoms with van der Waals surface area (Å²) in [4.78, 5) is 1.27. The highest BCUT2D eigenvalue weighted by atomic mass is 79.9. The number of hydrogen-bond acceptors (Lipinski definition) is 2. The highest BCUT2D eigenvalue weighted by Crippen LogP contribution is 2.42. The van der Waals surface area contributed by atoms with Crippen LogP contribution in [0.4, 0.5) is 0 Å². The highest BCUT2D eigenvalue weighted by Gasteiger charge is 2.27. The largest absolute Gasteiger partial charge is 0.323 e. The molecule has 1 aliphatic rings. The van der Waals surface area contributed by atoms with Crippen LogP contribution in [0, 0.1) is 0 Å². The first kappa shape index (κ1) is 12.4. The van der Waals surface area contributed by atoms with Crippen LogP contribution in [0.15, 0.2) is 40.2 Å². The minimum Gasteiger partial charge on any atom is -0.323 e. The summed E-state index contributed by atoms with van der Waals surface area (Å²) in [6.07, 6.45) is 3.64. The highest BCUT2D eigenvalue weighted by molar-refractivity contribution is 9.10. The fraction of sp³-hybridized carbons (Fsp3) is 0.333. The van der Waals surface area contributed by atoms with Gasteiger partial charge in [0.1, 0.15) is 0 Å². The number of fused-ring (bicyclic) bond motifs is 1. The fourth-order valence-corrected chi connectivity index (χ4v) is 4.60. The zero-order valence-electron chi connectivity index (χ0n) is 10.1. The molecule has 1 aliphatic carbocycles. The van der Waals surface area contributed by atoms with Gasteiger partial charge in [0, 0.05) is 21.3 Å². The van der Waals surface area contributed by atoms with Gasteiger partial charge in [0.25, 0.3) is 0 Å². The predicted molar refractivity (Wildman–Crippen MR) is 81.1 cm³/mol. The smallest absolute Gasteiger partial charge is 0.0470 e. The molecule has 1 aromatic carbocycles. The number of benzene rings is 1. The van der Waals surface area contributed by atoms with Gasteiger partial charge in [-0.25, -0.2) is 0 Å². The summed E-state index contributed by atoms with van der Waals surface area (Å²) in [7, 11) is 0. The van der Waals surface area contributed by atoms with E-state index < -0.39 is 0 Å². The van der Waals surface area contributed by atoms with Crippen molar-refractivity contribution < 1.29 is 0 Å². The topological polar surface area (TPSA) is 26.0 Å². The van der Waals surface area contributed by atoms with Crippen molar-refractivity contribution >= 4 is 27.3 Å². The maximum absolute atomic E-state index is 6.51. The Morgan fingerprint density at radius 1 is 1.28 bits per heavy atom. The van der Waals surface area contributed by atoms with E-state index in [0.717, 1.165) is 4.47 Å². The fourth-order valence-electron chi connectivity index (χ4n) is 2.89. The van der Waals surface area contributed by atoms with Crippen LogP contribution in [0.5, 0.6) is 0 Å². The van der Waals surface area contributed by atoms with E-state index in [1.807, 2.05) is 0 Å². The number of halogens is 1. The van der Waals surface area contributed by atoms with Gasteiger partial charge in [0.05, 0.1) is 0 Å². The lowest BCUT2D eigenvalue weighted by Gasteiger charge is -2.30. The average Bonchev–Trinajstić information content (AvgIpc) is 2.83. The summed E-state index contributed by atoms with van der Waals surface area (Å²) in [5, 5.41) is 2.11. The van der Waals surface area contributed by atoms with E-state index in [1.165, 1.54) is 35.3 Å². The molecule has 0 saturated heterocycles. The maximum atomic E-state index is 6.51. The second-order valence-corrected chi connectivity index (χ2v) is 6.66. The monoisotopic (exact) mass is 321 g/mol. The summed E-state index contributed by atoms with van der Waals surface area (Å²) >= 11 is 5.36. The Balaban J connectivity index is 1.97. The van der Waals surface area contributed by atoms with E-state index in [1.54, 1.807) is 11.3 Å². The van der Waals surface area contributed by atoms with Crippen molar-refractivity contribution in [1.82, 2.24) is 0 Å². The lowest BCUT2D eigenvalue weighted by molar-refractivity contribution is 0.478. The molecular weight excluding hydrogens is 306 g/mol. The van der Waals surface area contributed by atoms with E-state index >= 15 is 0 Å². The molecule has 0 amide bonds. The lowest BCUT2D eigenvalue weighted by atomic mass is 9.78. The van der Waals surface area contributed by atoms with Crippen molar-refractivity contribution in [2.45, 2.75) is 31.2 Å². The zero-order valence-corrected chi connectivity index (χ0v) is 12.5. The average molecular weight is 322 g/mol. The normalized spacial score (nSPS) is 20.4. The molecule has 0 aliphatic heterocycles. The van der Waals surface area contributed by atoms with Crippen LogP contribution in [0.25, 0.3) is 0 Å². The second-order valence-electron chi connectivity index (χ2n) is 4.86. The van der Waals surface area contributed by atoms with Gasteiger partial charge >= 0.3 is 0 Å². The molecule has 2 unspecified atom stereocenters. The molecule has 1 aromatic heterocycles. The Morgan fingerprint density at radius 3 is 2.89 bits per heavy atom. The molecule has 94 valence electrons. The zero-order chi connectivity index (χ0) is 12.5. The third-order valence-electron chi connectivity index (χ3n) is 3.80. The third kappa shape index (κ3) is 2.15. The van der Waals surface area contributed by atoms with Gasteiger partial charge in [0.2, 0.25) is 0 Å². The Bertz CT molecular complexity index is 549. The van der Waals surface area contributed by atoms with Crippen LogP contribution in [0.2, 0.25) is 0 Å². The van der Waals surface area contributed by atoms with Crippen LogP contribution >= 0.6 is 27.3 Å². The maximum Gasteiger partial charge on any atom is 0.0470 e. The molecule has 0 radical (unpaired) electrons. The molecule has 0 fully saturated rings. The molecule has 1 heterocycles. The van der Waals surface area contributed by atoms with Gasteiger partial charge in [-0.3, -0.25) is 0 Å². The van der Waals surface area contributed by atoms with Crippen molar-refractivity contribution in [2.24, 2.45) is 5.73 Å². The van der Waals surface area contributed by atoms with Crippen LogP contribution in [0.3, 0.4) is 0 Å². The molecule has 18 heavy (non-hydrogen) atoms. The first-order chi connectivity index (χ1) is 8.77.